The van der Waals surface area contributed by atoms with Gasteiger partial charge in [0, 0.05) is 26.2 Å². The normalized spacial score (nSPS) is 21.4. The number of carbonyl (C=O) groups excluding carboxylic acids is 1. The minimum absolute atomic E-state index is 0.131. The number of hydrogen-bond acceptors (Lipinski definition) is 5. The van der Waals surface area contributed by atoms with Gasteiger partial charge in [-0.2, -0.15) is 0 Å². The van der Waals surface area contributed by atoms with E-state index in [0.29, 0.717) is 12.5 Å². The number of hydrogen-bond donors (Lipinski definition) is 1. The van der Waals surface area contributed by atoms with Crippen molar-refractivity contribution < 1.29 is 14.3 Å². The van der Waals surface area contributed by atoms with Crippen LogP contribution in [0.3, 0.4) is 0 Å². The molecule has 1 fully saturated rings. The van der Waals surface area contributed by atoms with E-state index in [1.54, 1.807) is 7.11 Å². The first kappa shape index (κ1) is 17.4. The number of rotatable bonds is 9. The Bertz CT molecular complexity index is 284. The Labute approximate surface area is 123 Å². The van der Waals surface area contributed by atoms with E-state index in [2.05, 4.69) is 24.1 Å². The van der Waals surface area contributed by atoms with Gasteiger partial charge in [-0.3, -0.25) is 4.79 Å². The van der Waals surface area contributed by atoms with E-state index < -0.39 is 0 Å². The third-order valence-electron chi connectivity index (χ3n) is 3.61. The van der Waals surface area contributed by atoms with Crippen LogP contribution in [0.2, 0.25) is 0 Å². The molecule has 5 heteroatoms. The minimum Gasteiger partial charge on any atom is -0.465 e. The SMILES string of the molecule is CCOC(=O)C(CCN1CCC(COC)C1)NC(C)C. The average molecular weight is 286 g/mol. The highest BCUT2D eigenvalue weighted by Gasteiger charge is 2.25. The van der Waals surface area contributed by atoms with Gasteiger partial charge in [-0.25, -0.2) is 0 Å². The topological polar surface area (TPSA) is 50.8 Å². The molecule has 0 aliphatic carbocycles. The van der Waals surface area contributed by atoms with Crippen molar-refractivity contribution in [1.82, 2.24) is 10.2 Å². The first-order chi connectivity index (χ1) is 9.56. The van der Waals surface area contributed by atoms with Crippen molar-refractivity contribution in [1.29, 1.82) is 0 Å². The number of likely N-dealkylation sites (tertiary alicyclic amines) is 1. The van der Waals surface area contributed by atoms with E-state index in [9.17, 15) is 4.79 Å². The second-order valence-corrected chi connectivity index (χ2v) is 5.83. The molecule has 0 aromatic heterocycles. The Morgan fingerprint density at radius 1 is 1.45 bits per heavy atom. The number of carbonyl (C=O) groups is 1. The highest BCUT2D eigenvalue weighted by Crippen LogP contribution is 2.17. The highest BCUT2D eigenvalue weighted by molar-refractivity contribution is 5.75. The summed E-state index contributed by atoms with van der Waals surface area (Å²) in [4.78, 5) is 14.3. The van der Waals surface area contributed by atoms with E-state index in [0.717, 1.165) is 32.7 Å². The van der Waals surface area contributed by atoms with Crippen LogP contribution in [0.1, 0.15) is 33.6 Å². The smallest absolute Gasteiger partial charge is 0.323 e. The number of methoxy groups -OCH3 is 1. The van der Waals surface area contributed by atoms with Crippen LogP contribution in [0.4, 0.5) is 0 Å². The number of nitrogens with zero attached hydrogens (tertiary/aromatic N) is 1. The maximum absolute atomic E-state index is 11.9. The summed E-state index contributed by atoms with van der Waals surface area (Å²) in [6.45, 7) is 10.3. The molecule has 0 saturated carbocycles. The molecular formula is C15H30N2O3. The Kier molecular flexibility index (Phi) is 8.11. The molecule has 1 aliphatic heterocycles. The quantitative estimate of drug-likeness (QED) is 0.647. The van der Waals surface area contributed by atoms with E-state index in [-0.39, 0.29) is 18.1 Å². The summed E-state index contributed by atoms with van der Waals surface area (Å²) in [7, 11) is 1.76. The van der Waals surface area contributed by atoms with Gasteiger partial charge in [0.1, 0.15) is 6.04 Å². The molecule has 0 amide bonds. The molecule has 1 saturated heterocycles. The summed E-state index contributed by atoms with van der Waals surface area (Å²) in [5.41, 5.74) is 0. The Morgan fingerprint density at radius 2 is 2.20 bits per heavy atom. The third kappa shape index (κ3) is 6.20. The molecule has 0 radical (unpaired) electrons. The van der Waals surface area contributed by atoms with Crippen LogP contribution in [0.15, 0.2) is 0 Å². The molecule has 0 bridgehead atoms. The lowest BCUT2D eigenvalue weighted by atomic mass is 10.1. The standard InChI is InChI=1S/C15H30N2O3/c1-5-20-15(18)14(16-12(2)3)7-9-17-8-6-13(10-17)11-19-4/h12-14,16H,5-11H2,1-4H3. The maximum Gasteiger partial charge on any atom is 0.323 e. The highest BCUT2D eigenvalue weighted by atomic mass is 16.5. The lowest BCUT2D eigenvalue weighted by Gasteiger charge is -2.23. The van der Waals surface area contributed by atoms with Gasteiger partial charge in [0.25, 0.3) is 0 Å². The largest absolute Gasteiger partial charge is 0.465 e. The first-order valence-corrected chi connectivity index (χ1v) is 7.70. The van der Waals surface area contributed by atoms with Crippen LogP contribution in [0.5, 0.6) is 0 Å². The summed E-state index contributed by atoms with van der Waals surface area (Å²) >= 11 is 0. The molecule has 0 aromatic rings. The van der Waals surface area contributed by atoms with Gasteiger partial charge in [0.2, 0.25) is 0 Å². The van der Waals surface area contributed by atoms with Crippen LogP contribution in [0, 0.1) is 5.92 Å². The third-order valence-corrected chi connectivity index (χ3v) is 3.61. The average Bonchev–Trinajstić information content (AvgIpc) is 2.82. The van der Waals surface area contributed by atoms with Crippen molar-refractivity contribution in [2.45, 2.75) is 45.7 Å². The summed E-state index contributed by atoms with van der Waals surface area (Å²) in [6.07, 6.45) is 1.99. The lowest BCUT2D eigenvalue weighted by Crippen LogP contribution is -2.44. The van der Waals surface area contributed by atoms with Crippen molar-refractivity contribution in [2.75, 3.05) is 40.0 Å². The monoisotopic (exact) mass is 286 g/mol. The zero-order valence-corrected chi connectivity index (χ0v) is 13.4. The maximum atomic E-state index is 11.9. The molecule has 1 aliphatic rings. The number of esters is 1. The predicted molar refractivity (Wildman–Crippen MR) is 79.7 cm³/mol. The van der Waals surface area contributed by atoms with Gasteiger partial charge in [0.15, 0.2) is 0 Å². The van der Waals surface area contributed by atoms with Crippen molar-refractivity contribution in [3.05, 3.63) is 0 Å². The molecule has 2 atom stereocenters. The van der Waals surface area contributed by atoms with Gasteiger partial charge >= 0.3 is 5.97 Å². The molecule has 1 rings (SSSR count). The Hall–Kier alpha value is -0.650. The summed E-state index contributed by atoms with van der Waals surface area (Å²) in [5.74, 6) is 0.507. The van der Waals surface area contributed by atoms with E-state index in [4.69, 9.17) is 9.47 Å². The summed E-state index contributed by atoms with van der Waals surface area (Å²) < 4.78 is 10.3. The van der Waals surface area contributed by atoms with Crippen LogP contribution < -0.4 is 5.32 Å². The number of nitrogens with one attached hydrogen (secondary N) is 1. The van der Waals surface area contributed by atoms with Gasteiger partial charge in [-0.15, -0.1) is 0 Å². The Morgan fingerprint density at radius 3 is 2.80 bits per heavy atom. The molecule has 118 valence electrons. The zero-order chi connectivity index (χ0) is 15.0. The van der Waals surface area contributed by atoms with Gasteiger partial charge in [-0.1, -0.05) is 13.8 Å². The molecule has 0 spiro atoms. The second-order valence-electron chi connectivity index (χ2n) is 5.83. The van der Waals surface area contributed by atoms with E-state index in [1.807, 2.05) is 6.92 Å². The fraction of sp³-hybridized carbons (Fsp3) is 0.933. The first-order valence-electron chi connectivity index (χ1n) is 7.70. The van der Waals surface area contributed by atoms with E-state index in [1.165, 1.54) is 6.42 Å². The van der Waals surface area contributed by atoms with Crippen LogP contribution in [0.25, 0.3) is 0 Å². The van der Waals surface area contributed by atoms with Crippen LogP contribution in [-0.2, 0) is 14.3 Å². The fourth-order valence-electron chi connectivity index (χ4n) is 2.71. The molecule has 1 heterocycles. The minimum atomic E-state index is -0.198. The molecule has 0 aromatic carbocycles. The van der Waals surface area contributed by atoms with Crippen molar-refractivity contribution >= 4 is 5.97 Å². The van der Waals surface area contributed by atoms with Crippen molar-refractivity contribution in [3.8, 4) is 0 Å². The predicted octanol–water partition coefficient (Wildman–Crippen LogP) is 1.27. The summed E-state index contributed by atoms with van der Waals surface area (Å²) in [6, 6.07) is 0.0839. The molecule has 5 nitrogen and oxygen atoms in total. The van der Waals surface area contributed by atoms with Crippen molar-refractivity contribution in [3.63, 3.8) is 0 Å². The molecule has 1 N–H and O–H groups in total. The van der Waals surface area contributed by atoms with Crippen molar-refractivity contribution in [2.24, 2.45) is 5.92 Å². The molecular weight excluding hydrogens is 256 g/mol. The van der Waals surface area contributed by atoms with E-state index >= 15 is 0 Å². The number of ether oxygens (including phenoxy) is 2. The van der Waals surface area contributed by atoms with Crippen LogP contribution >= 0.6 is 0 Å². The summed E-state index contributed by atoms with van der Waals surface area (Å²) in [5, 5.41) is 3.30. The fourth-order valence-corrected chi connectivity index (χ4v) is 2.71. The second kappa shape index (κ2) is 9.32. The van der Waals surface area contributed by atoms with Gasteiger partial charge < -0.3 is 19.7 Å². The zero-order valence-electron chi connectivity index (χ0n) is 13.4. The molecule has 2 unspecified atom stereocenters. The van der Waals surface area contributed by atoms with Gasteiger partial charge in [0.05, 0.1) is 13.2 Å². The molecule has 20 heavy (non-hydrogen) atoms. The van der Waals surface area contributed by atoms with Crippen LogP contribution in [-0.4, -0.2) is 62.9 Å². The lowest BCUT2D eigenvalue weighted by molar-refractivity contribution is -0.146. The van der Waals surface area contributed by atoms with Gasteiger partial charge in [-0.05, 0) is 32.2 Å². The Balaban J connectivity index is 2.36.